The van der Waals surface area contributed by atoms with E-state index in [2.05, 4.69) is 12.1 Å². The Morgan fingerprint density at radius 2 is 1.65 bits per heavy atom. The summed E-state index contributed by atoms with van der Waals surface area (Å²) >= 11 is 7.68. The Bertz CT molecular complexity index is 485. The van der Waals surface area contributed by atoms with Crippen LogP contribution in [0, 0.1) is 0 Å². The second kappa shape index (κ2) is 5.99. The molecule has 0 aliphatic rings. The molecule has 3 heteroatoms. The van der Waals surface area contributed by atoms with Crippen LogP contribution in [0.5, 0.6) is 5.75 Å². The van der Waals surface area contributed by atoms with Crippen molar-refractivity contribution in [3.8, 4) is 5.75 Å². The van der Waals surface area contributed by atoms with E-state index in [0.29, 0.717) is 5.02 Å². The molecule has 2 rings (SSSR count). The van der Waals surface area contributed by atoms with E-state index in [4.69, 9.17) is 11.6 Å². The Labute approximate surface area is 110 Å². The van der Waals surface area contributed by atoms with Gasteiger partial charge in [0.05, 0.1) is 5.02 Å². The Kier molecular flexibility index (Phi) is 4.35. The number of hydrogen-bond donors (Lipinski definition) is 1. The van der Waals surface area contributed by atoms with Gasteiger partial charge in [-0.05, 0) is 23.3 Å². The summed E-state index contributed by atoms with van der Waals surface area (Å²) in [5.41, 5.74) is 2.45. The highest BCUT2D eigenvalue weighted by molar-refractivity contribution is 7.97. The average Bonchev–Trinajstić information content (AvgIpc) is 2.35. The quantitative estimate of drug-likeness (QED) is 0.879. The van der Waals surface area contributed by atoms with E-state index in [-0.39, 0.29) is 5.75 Å². The number of aromatic hydroxyl groups is 1. The lowest BCUT2D eigenvalue weighted by atomic mass is 10.2. The molecule has 0 spiro atoms. The molecule has 88 valence electrons. The van der Waals surface area contributed by atoms with Crippen molar-refractivity contribution in [1.82, 2.24) is 0 Å². The van der Waals surface area contributed by atoms with Crippen LogP contribution in [0.2, 0.25) is 5.02 Å². The van der Waals surface area contributed by atoms with Crippen molar-refractivity contribution in [2.75, 3.05) is 0 Å². The molecular formula is C14H13ClOS. The molecule has 0 radical (unpaired) electrons. The lowest BCUT2D eigenvalue weighted by molar-refractivity contribution is 0.475. The van der Waals surface area contributed by atoms with Gasteiger partial charge in [0.1, 0.15) is 5.75 Å². The molecule has 0 saturated heterocycles. The van der Waals surface area contributed by atoms with E-state index < -0.39 is 0 Å². The molecule has 17 heavy (non-hydrogen) atoms. The highest BCUT2D eigenvalue weighted by Gasteiger charge is 2.00. The topological polar surface area (TPSA) is 20.2 Å². The molecule has 0 amide bonds. The van der Waals surface area contributed by atoms with Gasteiger partial charge in [0.25, 0.3) is 0 Å². The standard InChI is InChI=1S/C14H13ClOS/c15-13-8-12(6-7-14(13)16)10-17-9-11-4-2-1-3-5-11/h1-8,16H,9-10H2. The molecule has 0 unspecified atom stereocenters. The first-order valence-corrected chi connectivity index (χ1v) is 6.88. The molecule has 0 heterocycles. The van der Waals surface area contributed by atoms with Crippen LogP contribution in [-0.2, 0) is 11.5 Å². The third-order valence-electron chi connectivity index (χ3n) is 2.39. The lowest BCUT2D eigenvalue weighted by Gasteiger charge is -2.04. The van der Waals surface area contributed by atoms with E-state index in [9.17, 15) is 5.11 Å². The zero-order chi connectivity index (χ0) is 12.1. The van der Waals surface area contributed by atoms with Crippen LogP contribution in [0.15, 0.2) is 48.5 Å². The minimum absolute atomic E-state index is 0.142. The summed E-state index contributed by atoms with van der Waals surface area (Å²) in [6, 6.07) is 15.7. The molecule has 0 fully saturated rings. The van der Waals surface area contributed by atoms with E-state index in [1.165, 1.54) is 5.56 Å². The minimum Gasteiger partial charge on any atom is -0.506 e. The van der Waals surface area contributed by atoms with Crippen LogP contribution in [0.3, 0.4) is 0 Å². The molecule has 0 aliphatic heterocycles. The molecule has 1 nitrogen and oxygen atoms in total. The highest BCUT2D eigenvalue weighted by atomic mass is 35.5. The second-order valence-electron chi connectivity index (χ2n) is 3.76. The Morgan fingerprint density at radius 3 is 2.35 bits per heavy atom. The van der Waals surface area contributed by atoms with Gasteiger partial charge in [-0.2, -0.15) is 11.8 Å². The van der Waals surface area contributed by atoms with Gasteiger partial charge in [-0.15, -0.1) is 0 Å². The van der Waals surface area contributed by atoms with Gasteiger partial charge in [-0.25, -0.2) is 0 Å². The summed E-state index contributed by atoms with van der Waals surface area (Å²) in [6.45, 7) is 0. The number of benzene rings is 2. The fourth-order valence-electron chi connectivity index (χ4n) is 1.50. The second-order valence-corrected chi connectivity index (χ2v) is 5.16. The first-order valence-electron chi connectivity index (χ1n) is 5.35. The lowest BCUT2D eigenvalue weighted by Crippen LogP contribution is -1.83. The fourth-order valence-corrected chi connectivity index (χ4v) is 2.65. The van der Waals surface area contributed by atoms with E-state index >= 15 is 0 Å². The van der Waals surface area contributed by atoms with Crippen molar-refractivity contribution in [2.24, 2.45) is 0 Å². The van der Waals surface area contributed by atoms with Gasteiger partial charge >= 0.3 is 0 Å². The Hall–Kier alpha value is -1.12. The maximum atomic E-state index is 9.31. The number of hydrogen-bond acceptors (Lipinski definition) is 2. The van der Waals surface area contributed by atoms with Gasteiger partial charge in [0.15, 0.2) is 0 Å². The summed E-state index contributed by atoms with van der Waals surface area (Å²) in [7, 11) is 0. The van der Waals surface area contributed by atoms with Crippen molar-refractivity contribution in [3.63, 3.8) is 0 Å². The van der Waals surface area contributed by atoms with E-state index in [1.54, 1.807) is 6.07 Å². The molecule has 2 aromatic carbocycles. The normalized spacial score (nSPS) is 10.4. The molecule has 1 N–H and O–H groups in total. The van der Waals surface area contributed by atoms with Gasteiger partial charge in [-0.3, -0.25) is 0 Å². The van der Waals surface area contributed by atoms with Crippen LogP contribution in [0.1, 0.15) is 11.1 Å². The third kappa shape index (κ3) is 3.69. The van der Waals surface area contributed by atoms with Crippen LogP contribution >= 0.6 is 23.4 Å². The molecular weight excluding hydrogens is 252 g/mol. The molecule has 0 atom stereocenters. The number of phenols is 1. The summed E-state index contributed by atoms with van der Waals surface area (Å²) < 4.78 is 0. The highest BCUT2D eigenvalue weighted by Crippen LogP contribution is 2.26. The van der Waals surface area contributed by atoms with Crippen molar-refractivity contribution in [3.05, 3.63) is 64.7 Å². The van der Waals surface area contributed by atoms with Gasteiger partial charge < -0.3 is 5.11 Å². The first kappa shape index (κ1) is 12.3. The summed E-state index contributed by atoms with van der Waals surface area (Å²) in [5, 5.41) is 9.73. The first-order chi connectivity index (χ1) is 8.25. The van der Waals surface area contributed by atoms with E-state index in [0.717, 1.165) is 17.1 Å². The number of halogens is 1. The van der Waals surface area contributed by atoms with Crippen LogP contribution in [-0.4, -0.2) is 5.11 Å². The van der Waals surface area contributed by atoms with Gasteiger partial charge in [0.2, 0.25) is 0 Å². The minimum atomic E-state index is 0.142. The maximum Gasteiger partial charge on any atom is 0.134 e. The number of thioether (sulfide) groups is 1. The molecule has 0 aromatic heterocycles. The SMILES string of the molecule is Oc1ccc(CSCc2ccccc2)cc1Cl. The predicted octanol–water partition coefficient (Wildman–Crippen LogP) is 4.48. The summed E-state index contributed by atoms with van der Waals surface area (Å²) in [6.07, 6.45) is 0. The fraction of sp³-hybridized carbons (Fsp3) is 0.143. The zero-order valence-electron chi connectivity index (χ0n) is 9.27. The van der Waals surface area contributed by atoms with Crippen molar-refractivity contribution in [1.29, 1.82) is 0 Å². The van der Waals surface area contributed by atoms with Crippen LogP contribution in [0.4, 0.5) is 0 Å². The third-order valence-corrected chi connectivity index (χ3v) is 3.77. The molecule has 0 aliphatic carbocycles. The molecule has 0 bridgehead atoms. The summed E-state index contributed by atoms with van der Waals surface area (Å²) in [5.74, 6) is 2.03. The molecule has 2 aromatic rings. The predicted molar refractivity (Wildman–Crippen MR) is 74.6 cm³/mol. The van der Waals surface area contributed by atoms with Gasteiger partial charge in [-0.1, -0.05) is 48.0 Å². The van der Waals surface area contributed by atoms with Crippen LogP contribution in [0.25, 0.3) is 0 Å². The smallest absolute Gasteiger partial charge is 0.134 e. The number of rotatable bonds is 4. The molecule has 0 saturated carbocycles. The monoisotopic (exact) mass is 264 g/mol. The van der Waals surface area contributed by atoms with Gasteiger partial charge in [0, 0.05) is 11.5 Å². The van der Waals surface area contributed by atoms with Crippen molar-refractivity contribution >= 4 is 23.4 Å². The summed E-state index contributed by atoms with van der Waals surface area (Å²) in [4.78, 5) is 0. The largest absolute Gasteiger partial charge is 0.506 e. The van der Waals surface area contributed by atoms with Crippen LogP contribution < -0.4 is 0 Å². The average molecular weight is 265 g/mol. The Balaban J connectivity index is 1.88. The number of phenolic OH excluding ortho intramolecular Hbond substituents is 1. The zero-order valence-corrected chi connectivity index (χ0v) is 10.8. The van der Waals surface area contributed by atoms with Crippen molar-refractivity contribution in [2.45, 2.75) is 11.5 Å². The van der Waals surface area contributed by atoms with E-state index in [1.807, 2.05) is 42.1 Å². The van der Waals surface area contributed by atoms with Crippen molar-refractivity contribution < 1.29 is 5.11 Å². The maximum absolute atomic E-state index is 9.31. The Morgan fingerprint density at radius 1 is 0.941 bits per heavy atom.